The number of nitrogens with one attached hydrogen (secondary N) is 2. The minimum atomic E-state index is -0.742. The second-order valence-electron chi connectivity index (χ2n) is 4.78. The normalized spacial score (nSPS) is 9.88. The highest BCUT2D eigenvalue weighted by Crippen LogP contribution is 2.30. The summed E-state index contributed by atoms with van der Waals surface area (Å²) in [5.74, 6) is 0.607. The number of amides is 3. The zero-order valence-corrected chi connectivity index (χ0v) is 15.4. The van der Waals surface area contributed by atoms with Crippen LogP contribution in [0.4, 0.5) is 21.0 Å². The van der Waals surface area contributed by atoms with Crippen LogP contribution in [0, 0.1) is 0 Å². The van der Waals surface area contributed by atoms with Crippen molar-refractivity contribution in [1.82, 2.24) is 5.43 Å². The summed E-state index contributed by atoms with van der Waals surface area (Å²) in [6.07, 6.45) is -0.742. The number of hydrogen-bond acceptors (Lipinski definition) is 4. The summed E-state index contributed by atoms with van der Waals surface area (Å²) in [6, 6.07) is 13.4. The van der Waals surface area contributed by atoms with Gasteiger partial charge in [0.1, 0.15) is 5.75 Å². The second-order valence-corrected chi connectivity index (χ2v) is 5.64. The molecule has 8 heteroatoms. The Labute approximate surface area is 154 Å². The van der Waals surface area contributed by atoms with Crippen LogP contribution in [0.2, 0.25) is 0 Å². The molecule has 0 saturated heterocycles. The van der Waals surface area contributed by atoms with Gasteiger partial charge in [0.25, 0.3) is 0 Å². The lowest BCUT2D eigenvalue weighted by Gasteiger charge is -2.24. The topological polar surface area (TPSA) is 79.9 Å². The Morgan fingerprint density at radius 3 is 2.48 bits per heavy atom. The van der Waals surface area contributed by atoms with E-state index in [1.54, 1.807) is 49.4 Å². The number of benzene rings is 2. The molecule has 0 bridgehead atoms. The smallest absolute Gasteiger partial charge is 0.426 e. The predicted molar refractivity (Wildman–Crippen MR) is 98.8 cm³/mol. The number of nitrogens with zero attached hydrogens (tertiary/aromatic N) is 1. The van der Waals surface area contributed by atoms with Crippen LogP contribution >= 0.6 is 15.9 Å². The third kappa shape index (κ3) is 5.12. The average molecular weight is 408 g/mol. The van der Waals surface area contributed by atoms with Gasteiger partial charge in [0.05, 0.1) is 19.4 Å². The van der Waals surface area contributed by atoms with Crippen LogP contribution in [0.15, 0.2) is 53.0 Å². The Morgan fingerprint density at radius 1 is 1.16 bits per heavy atom. The first-order valence-electron chi connectivity index (χ1n) is 7.48. The maximum absolute atomic E-state index is 12.7. The number of carbonyl (C=O) groups is 2. The lowest BCUT2D eigenvalue weighted by atomic mass is 10.3. The molecule has 2 N–H and O–H groups in total. The van der Waals surface area contributed by atoms with Crippen molar-refractivity contribution < 1.29 is 19.1 Å². The van der Waals surface area contributed by atoms with E-state index in [0.29, 0.717) is 21.6 Å². The Hall–Kier alpha value is -2.74. The van der Waals surface area contributed by atoms with Gasteiger partial charge in [-0.3, -0.25) is 0 Å². The summed E-state index contributed by atoms with van der Waals surface area (Å²) < 4.78 is 10.6. The Kier molecular flexibility index (Phi) is 6.64. The summed E-state index contributed by atoms with van der Waals surface area (Å²) in [7, 11) is 1.54. The summed E-state index contributed by atoms with van der Waals surface area (Å²) >= 11 is 3.38. The van der Waals surface area contributed by atoms with Gasteiger partial charge < -0.3 is 14.8 Å². The van der Waals surface area contributed by atoms with Gasteiger partial charge >= 0.3 is 12.1 Å². The van der Waals surface area contributed by atoms with Gasteiger partial charge in [-0.05, 0) is 53.2 Å². The number of urea groups is 1. The van der Waals surface area contributed by atoms with Crippen molar-refractivity contribution in [3.8, 4) is 5.75 Å². The quantitative estimate of drug-likeness (QED) is 0.745. The number of carbonyl (C=O) groups excluding carboxylic acids is 2. The third-order valence-corrected chi connectivity index (χ3v) is 3.74. The summed E-state index contributed by atoms with van der Waals surface area (Å²) in [4.78, 5) is 24.5. The first-order chi connectivity index (χ1) is 12.0. The number of anilines is 2. The molecule has 0 aliphatic heterocycles. The third-order valence-electron chi connectivity index (χ3n) is 3.10. The van der Waals surface area contributed by atoms with E-state index < -0.39 is 12.1 Å². The molecule has 2 aromatic rings. The van der Waals surface area contributed by atoms with Gasteiger partial charge in [0.15, 0.2) is 0 Å². The number of hydrogen-bond donors (Lipinski definition) is 2. The zero-order valence-electron chi connectivity index (χ0n) is 13.8. The highest BCUT2D eigenvalue weighted by Gasteiger charge is 2.22. The minimum absolute atomic E-state index is 0.184. The molecule has 0 atom stereocenters. The van der Waals surface area contributed by atoms with Gasteiger partial charge in [0.2, 0.25) is 0 Å². The SMILES string of the molecule is CCOC(=O)NN(C(=O)Nc1ccccc1)c1ccc(OC)cc1Br. The predicted octanol–water partition coefficient (Wildman–Crippen LogP) is 4.16. The van der Waals surface area contributed by atoms with E-state index in [0.717, 1.165) is 5.01 Å². The molecule has 0 saturated carbocycles. The van der Waals surface area contributed by atoms with E-state index in [4.69, 9.17) is 9.47 Å². The van der Waals surface area contributed by atoms with E-state index in [1.165, 1.54) is 7.11 Å². The molecule has 0 unspecified atom stereocenters. The largest absolute Gasteiger partial charge is 0.497 e. The highest BCUT2D eigenvalue weighted by atomic mass is 79.9. The Morgan fingerprint density at radius 2 is 1.88 bits per heavy atom. The van der Waals surface area contributed by atoms with Gasteiger partial charge in [0, 0.05) is 10.2 Å². The molecule has 0 radical (unpaired) electrons. The molecular weight excluding hydrogens is 390 g/mol. The number of para-hydroxylation sites is 1. The lowest BCUT2D eigenvalue weighted by Crippen LogP contribution is -2.49. The molecule has 2 rings (SSSR count). The van der Waals surface area contributed by atoms with Crippen molar-refractivity contribution in [3.63, 3.8) is 0 Å². The van der Waals surface area contributed by atoms with Crippen LogP contribution in [0.25, 0.3) is 0 Å². The van der Waals surface area contributed by atoms with E-state index in [-0.39, 0.29) is 6.61 Å². The van der Waals surface area contributed by atoms with Crippen molar-refractivity contribution in [2.75, 3.05) is 24.0 Å². The summed E-state index contributed by atoms with van der Waals surface area (Å²) in [5, 5.41) is 3.77. The lowest BCUT2D eigenvalue weighted by molar-refractivity contribution is 0.151. The van der Waals surface area contributed by atoms with E-state index in [1.807, 2.05) is 6.07 Å². The minimum Gasteiger partial charge on any atom is -0.497 e. The summed E-state index contributed by atoms with van der Waals surface area (Å²) in [5.41, 5.74) is 3.43. The van der Waals surface area contributed by atoms with Crippen LogP contribution in [-0.2, 0) is 4.74 Å². The maximum Gasteiger partial charge on any atom is 0.426 e. The van der Waals surface area contributed by atoms with Gasteiger partial charge in [-0.15, -0.1) is 0 Å². The van der Waals surface area contributed by atoms with Crippen LogP contribution < -0.4 is 20.5 Å². The van der Waals surface area contributed by atoms with Crippen LogP contribution in [0.5, 0.6) is 5.75 Å². The molecule has 0 spiro atoms. The van der Waals surface area contributed by atoms with Crippen LogP contribution in [0.3, 0.4) is 0 Å². The average Bonchev–Trinajstić information content (AvgIpc) is 2.61. The molecule has 7 nitrogen and oxygen atoms in total. The molecule has 0 aliphatic carbocycles. The molecule has 3 amide bonds. The number of ether oxygens (including phenoxy) is 2. The Bertz CT molecular complexity index is 740. The van der Waals surface area contributed by atoms with E-state index in [2.05, 4.69) is 26.7 Å². The van der Waals surface area contributed by atoms with E-state index >= 15 is 0 Å². The maximum atomic E-state index is 12.7. The van der Waals surface area contributed by atoms with Crippen molar-refractivity contribution in [1.29, 1.82) is 0 Å². The fourth-order valence-corrected chi connectivity index (χ4v) is 2.51. The second kappa shape index (κ2) is 8.93. The van der Waals surface area contributed by atoms with Crippen LogP contribution in [-0.4, -0.2) is 25.8 Å². The molecule has 0 heterocycles. The number of halogens is 1. The monoisotopic (exact) mass is 407 g/mol. The first-order valence-corrected chi connectivity index (χ1v) is 8.27. The van der Waals surface area contributed by atoms with Crippen molar-refractivity contribution in [2.24, 2.45) is 0 Å². The fourth-order valence-electron chi connectivity index (χ4n) is 1.97. The van der Waals surface area contributed by atoms with E-state index in [9.17, 15) is 9.59 Å². The molecule has 132 valence electrons. The molecule has 0 aromatic heterocycles. The highest BCUT2D eigenvalue weighted by molar-refractivity contribution is 9.10. The van der Waals surface area contributed by atoms with Crippen molar-refractivity contribution >= 4 is 39.4 Å². The molecule has 0 aliphatic rings. The standard InChI is InChI=1S/C17H18BrN3O4/c1-3-25-17(23)20-21(15-10-9-13(24-2)11-14(15)18)16(22)19-12-7-5-4-6-8-12/h4-11H,3H2,1-2H3,(H,19,22)(H,20,23). The van der Waals surface area contributed by atoms with Crippen molar-refractivity contribution in [3.05, 3.63) is 53.0 Å². The zero-order chi connectivity index (χ0) is 18.2. The van der Waals surface area contributed by atoms with Crippen LogP contribution in [0.1, 0.15) is 6.92 Å². The molecule has 25 heavy (non-hydrogen) atoms. The van der Waals surface area contributed by atoms with Gasteiger partial charge in [-0.1, -0.05) is 18.2 Å². The van der Waals surface area contributed by atoms with Gasteiger partial charge in [-0.25, -0.2) is 15.0 Å². The molecule has 2 aromatic carbocycles. The molecule has 0 fully saturated rings. The fraction of sp³-hybridized carbons (Fsp3) is 0.176. The van der Waals surface area contributed by atoms with Crippen molar-refractivity contribution in [2.45, 2.75) is 6.92 Å². The summed E-state index contributed by atoms with van der Waals surface area (Å²) in [6.45, 7) is 1.86. The number of rotatable bonds is 4. The Balaban J connectivity index is 2.29. The number of methoxy groups -OCH3 is 1. The first kappa shape index (κ1) is 18.6. The molecular formula is C17H18BrN3O4. The number of hydrazine groups is 1. The van der Waals surface area contributed by atoms with Gasteiger partial charge in [-0.2, -0.15) is 5.01 Å².